The van der Waals surface area contributed by atoms with Gasteiger partial charge in [0, 0.05) is 12.6 Å². The van der Waals surface area contributed by atoms with E-state index in [4.69, 9.17) is 5.11 Å². The highest BCUT2D eigenvalue weighted by Crippen LogP contribution is 2.14. The maximum atomic E-state index is 11.7. The predicted molar refractivity (Wildman–Crippen MR) is 55.2 cm³/mol. The highest BCUT2D eigenvalue weighted by atomic mass is 16.3. The molecule has 1 heterocycles. The van der Waals surface area contributed by atoms with Crippen LogP contribution in [0, 0.1) is 0 Å². The van der Waals surface area contributed by atoms with Gasteiger partial charge in [0.2, 0.25) is 0 Å². The van der Waals surface area contributed by atoms with Gasteiger partial charge >= 0.3 is 6.03 Å². The molecule has 0 aromatic carbocycles. The molecule has 0 aliphatic carbocycles. The van der Waals surface area contributed by atoms with Crippen molar-refractivity contribution < 1.29 is 14.7 Å². The lowest BCUT2D eigenvalue weighted by Crippen LogP contribution is -2.38. The minimum atomic E-state index is -0.444. The molecule has 0 radical (unpaired) electrons. The Hall–Kier alpha value is -1.10. The number of carbonyl (C=O) groups excluding carboxylic acids is 2. The molecular formula is C10H18N2O3. The summed E-state index contributed by atoms with van der Waals surface area (Å²) in [6, 6.07) is -0.336. The van der Waals surface area contributed by atoms with E-state index < -0.39 is 6.10 Å². The van der Waals surface area contributed by atoms with Gasteiger partial charge in [0.05, 0.1) is 6.10 Å². The fourth-order valence-corrected chi connectivity index (χ4v) is 1.59. The fraction of sp³-hybridized carbons (Fsp3) is 0.800. The number of hydrogen-bond acceptors (Lipinski definition) is 3. The topological polar surface area (TPSA) is 60.9 Å². The molecule has 3 amide bonds. The fourth-order valence-electron chi connectivity index (χ4n) is 1.59. The van der Waals surface area contributed by atoms with Crippen molar-refractivity contribution in [2.45, 2.75) is 39.3 Å². The van der Waals surface area contributed by atoms with Crippen LogP contribution in [-0.2, 0) is 4.79 Å². The highest BCUT2D eigenvalue weighted by Gasteiger charge is 2.37. The van der Waals surface area contributed by atoms with Gasteiger partial charge in [0.1, 0.15) is 6.54 Å². The van der Waals surface area contributed by atoms with E-state index in [2.05, 4.69) is 0 Å². The minimum absolute atomic E-state index is 0.0958. The van der Waals surface area contributed by atoms with Gasteiger partial charge in [-0.1, -0.05) is 0 Å². The first-order valence-electron chi connectivity index (χ1n) is 5.22. The summed E-state index contributed by atoms with van der Waals surface area (Å²) < 4.78 is 0. The molecule has 0 bridgehead atoms. The highest BCUT2D eigenvalue weighted by molar-refractivity contribution is 6.02. The average molecular weight is 214 g/mol. The van der Waals surface area contributed by atoms with Crippen molar-refractivity contribution in [1.82, 2.24) is 9.80 Å². The summed E-state index contributed by atoms with van der Waals surface area (Å²) in [6.45, 7) is 5.87. The van der Waals surface area contributed by atoms with Crippen molar-refractivity contribution in [3.05, 3.63) is 0 Å². The molecular weight excluding hydrogens is 196 g/mol. The lowest BCUT2D eigenvalue weighted by molar-refractivity contribution is -0.126. The zero-order valence-corrected chi connectivity index (χ0v) is 9.43. The zero-order chi connectivity index (χ0) is 11.6. The molecule has 15 heavy (non-hydrogen) atoms. The molecule has 1 aliphatic rings. The Bertz CT molecular complexity index is 263. The number of hydrogen-bond donors (Lipinski definition) is 1. The van der Waals surface area contributed by atoms with Crippen molar-refractivity contribution in [3.63, 3.8) is 0 Å². The van der Waals surface area contributed by atoms with Crippen LogP contribution in [0.25, 0.3) is 0 Å². The number of nitrogens with zero attached hydrogens (tertiary/aromatic N) is 2. The van der Waals surface area contributed by atoms with Crippen molar-refractivity contribution in [2.75, 3.05) is 13.1 Å². The molecule has 1 N–H and O–H groups in total. The van der Waals surface area contributed by atoms with Crippen LogP contribution in [0.4, 0.5) is 4.79 Å². The Balaban J connectivity index is 2.57. The number of aliphatic hydroxyl groups is 1. The Kier molecular flexibility index (Phi) is 3.68. The second-order valence-corrected chi connectivity index (χ2v) is 4.20. The molecule has 86 valence electrons. The molecule has 5 nitrogen and oxygen atoms in total. The number of aliphatic hydroxyl groups excluding tert-OH is 1. The van der Waals surface area contributed by atoms with E-state index >= 15 is 0 Å². The van der Waals surface area contributed by atoms with Crippen molar-refractivity contribution in [3.8, 4) is 0 Å². The van der Waals surface area contributed by atoms with Crippen LogP contribution >= 0.6 is 0 Å². The monoisotopic (exact) mass is 214 g/mol. The molecule has 0 aromatic rings. The second-order valence-electron chi connectivity index (χ2n) is 4.20. The Labute approximate surface area is 89.7 Å². The number of carbonyl (C=O) groups is 2. The Morgan fingerprint density at radius 3 is 2.33 bits per heavy atom. The van der Waals surface area contributed by atoms with Gasteiger partial charge in [0.15, 0.2) is 0 Å². The van der Waals surface area contributed by atoms with E-state index in [1.165, 1.54) is 9.80 Å². The first-order chi connectivity index (χ1) is 6.93. The zero-order valence-electron chi connectivity index (χ0n) is 9.43. The van der Waals surface area contributed by atoms with Gasteiger partial charge in [0.25, 0.3) is 5.91 Å². The number of rotatable bonds is 4. The van der Waals surface area contributed by atoms with Crippen LogP contribution in [0.5, 0.6) is 0 Å². The maximum Gasteiger partial charge on any atom is 0.327 e. The quantitative estimate of drug-likeness (QED) is 0.690. The number of imide groups is 1. The van der Waals surface area contributed by atoms with Crippen LogP contribution in [0.2, 0.25) is 0 Å². The lowest BCUT2D eigenvalue weighted by Gasteiger charge is -2.20. The molecule has 0 aromatic heterocycles. The van der Waals surface area contributed by atoms with Crippen LogP contribution in [-0.4, -0.2) is 52.1 Å². The summed E-state index contributed by atoms with van der Waals surface area (Å²) in [5.74, 6) is -0.152. The van der Waals surface area contributed by atoms with Gasteiger partial charge in [-0.2, -0.15) is 0 Å². The number of urea groups is 1. The third-order valence-electron chi connectivity index (χ3n) is 2.40. The van der Waals surface area contributed by atoms with Crippen LogP contribution in [0.15, 0.2) is 0 Å². The normalized spacial score (nSPS) is 19.3. The van der Waals surface area contributed by atoms with Crippen LogP contribution in [0.3, 0.4) is 0 Å². The van der Waals surface area contributed by atoms with E-state index in [-0.39, 0.29) is 24.5 Å². The van der Waals surface area contributed by atoms with Crippen LogP contribution in [0.1, 0.15) is 27.2 Å². The van der Waals surface area contributed by atoms with Gasteiger partial charge in [-0.25, -0.2) is 4.79 Å². The SMILES string of the molecule is CC(O)CCN1CC(=O)N(C(C)C)C1=O. The van der Waals surface area contributed by atoms with Gasteiger partial charge in [-0.05, 0) is 27.2 Å². The van der Waals surface area contributed by atoms with Crippen molar-refractivity contribution in [2.24, 2.45) is 0 Å². The first-order valence-corrected chi connectivity index (χ1v) is 5.22. The molecule has 1 saturated heterocycles. The summed E-state index contributed by atoms with van der Waals surface area (Å²) in [4.78, 5) is 25.9. The summed E-state index contributed by atoms with van der Waals surface area (Å²) in [5, 5.41) is 9.10. The molecule has 0 saturated carbocycles. The summed E-state index contributed by atoms with van der Waals surface area (Å²) in [5.41, 5.74) is 0. The van der Waals surface area contributed by atoms with E-state index in [1.807, 2.05) is 13.8 Å². The standard InChI is InChI=1S/C10H18N2O3/c1-7(2)12-9(14)6-11(10(12)15)5-4-8(3)13/h7-8,13H,4-6H2,1-3H3. The summed E-state index contributed by atoms with van der Waals surface area (Å²) in [6.07, 6.45) is 0.0614. The van der Waals surface area contributed by atoms with Crippen molar-refractivity contribution in [1.29, 1.82) is 0 Å². The smallest absolute Gasteiger partial charge is 0.327 e. The molecule has 0 spiro atoms. The van der Waals surface area contributed by atoms with E-state index in [1.54, 1.807) is 6.92 Å². The van der Waals surface area contributed by atoms with Gasteiger partial charge in [-0.15, -0.1) is 0 Å². The third kappa shape index (κ3) is 2.68. The Morgan fingerprint density at radius 1 is 1.33 bits per heavy atom. The van der Waals surface area contributed by atoms with Gasteiger partial charge < -0.3 is 10.0 Å². The Morgan fingerprint density at radius 2 is 1.93 bits per heavy atom. The maximum absolute atomic E-state index is 11.7. The van der Waals surface area contributed by atoms with Crippen molar-refractivity contribution >= 4 is 11.9 Å². The minimum Gasteiger partial charge on any atom is -0.393 e. The molecule has 1 rings (SSSR count). The second kappa shape index (κ2) is 4.61. The van der Waals surface area contributed by atoms with E-state index in [0.29, 0.717) is 13.0 Å². The van der Waals surface area contributed by atoms with E-state index in [0.717, 1.165) is 0 Å². The number of amides is 3. The summed E-state index contributed by atoms with van der Waals surface area (Å²) >= 11 is 0. The summed E-state index contributed by atoms with van der Waals surface area (Å²) in [7, 11) is 0. The molecule has 1 aliphatic heterocycles. The molecule has 1 unspecified atom stereocenters. The molecule has 1 fully saturated rings. The van der Waals surface area contributed by atoms with Crippen LogP contribution < -0.4 is 0 Å². The first kappa shape index (κ1) is 12.0. The lowest BCUT2D eigenvalue weighted by atomic mass is 10.3. The molecule has 5 heteroatoms. The average Bonchev–Trinajstić information content (AvgIpc) is 2.37. The third-order valence-corrected chi connectivity index (χ3v) is 2.40. The molecule has 1 atom stereocenters. The van der Waals surface area contributed by atoms with Gasteiger partial charge in [-0.3, -0.25) is 9.69 Å². The largest absolute Gasteiger partial charge is 0.393 e. The van der Waals surface area contributed by atoms with E-state index in [9.17, 15) is 9.59 Å². The predicted octanol–water partition coefficient (Wildman–Crippen LogP) is 0.430.